The molecule has 2 aliphatic rings. The number of halogens is 1. The van der Waals surface area contributed by atoms with Gasteiger partial charge in [-0.25, -0.2) is 0 Å². The predicted octanol–water partition coefficient (Wildman–Crippen LogP) is 1.72. The molecular formula is C15H22BrN3O2. The van der Waals surface area contributed by atoms with Gasteiger partial charge in [0.05, 0.1) is 6.10 Å². The molecule has 5 nitrogen and oxygen atoms in total. The molecule has 0 spiro atoms. The molecular weight excluding hydrogens is 334 g/mol. The maximum absolute atomic E-state index is 12.9. The minimum atomic E-state index is -0.410. The quantitative estimate of drug-likeness (QED) is 0.894. The highest BCUT2D eigenvalue weighted by atomic mass is 79.9. The number of β-amino-alcohol motifs (C(OH)–C–C–N with tert-alkyl or cyclic N) is 1. The minimum Gasteiger partial charge on any atom is -0.391 e. The van der Waals surface area contributed by atoms with E-state index in [-0.39, 0.29) is 11.9 Å². The number of carbonyl (C=O) groups is 1. The van der Waals surface area contributed by atoms with Crippen molar-refractivity contribution in [3.05, 3.63) is 22.4 Å². The number of nitrogens with zero attached hydrogens (tertiary/aromatic N) is 3. The van der Waals surface area contributed by atoms with E-state index in [0.717, 1.165) is 29.6 Å². The maximum Gasteiger partial charge on any atom is 0.270 e. The summed E-state index contributed by atoms with van der Waals surface area (Å²) in [6, 6.07) is 2.46. The zero-order valence-electron chi connectivity index (χ0n) is 12.5. The van der Waals surface area contributed by atoms with Crippen molar-refractivity contribution < 1.29 is 9.90 Å². The Morgan fingerprint density at radius 2 is 2.19 bits per heavy atom. The minimum absolute atomic E-state index is 0.0380. The molecule has 6 heteroatoms. The van der Waals surface area contributed by atoms with Gasteiger partial charge in [-0.3, -0.25) is 4.79 Å². The van der Waals surface area contributed by atoms with Crippen molar-refractivity contribution in [2.24, 2.45) is 0 Å². The Hall–Kier alpha value is -0.850. The summed E-state index contributed by atoms with van der Waals surface area (Å²) in [6.07, 6.45) is 4.54. The van der Waals surface area contributed by atoms with Crippen LogP contribution >= 0.6 is 15.9 Å². The third-order valence-electron chi connectivity index (χ3n) is 4.20. The van der Waals surface area contributed by atoms with E-state index in [2.05, 4.69) is 25.4 Å². The summed E-state index contributed by atoms with van der Waals surface area (Å²) < 4.78 is 3.03. The van der Waals surface area contributed by atoms with Gasteiger partial charge < -0.3 is 19.5 Å². The van der Waals surface area contributed by atoms with Crippen molar-refractivity contribution in [2.45, 2.75) is 37.5 Å². The summed E-state index contributed by atoms with van der Waals surface area (Å²) in [6.45, 7) is 1.22. The smallest absolute Gasteiger partial charge is 0.270 e. The number of aliphatic hydroxyl groups excluding tert-OH is 1. The third kappa shape index (κ3) is 3.17. The SMILES string of the molecule is CN(C)CC1CC(O)CN1C(=O)c1cc(Br)cn1C1CC1. The summed E-state index contributed by atoms with van der Waals surface area (Å²) >= 11 is 3.47. The van der Waals surface area contributed by atoms with Crippen LogP contribution in [0.15, 0.2) is 16.7 Å². The van der Waals surface area contributed by atoms with Crippen LogP contribution in [0.25, 0.3) is 0 Å². The van der Waals surface area contributed by atoms with Gasteiger partial charge in [-0.15, -0.1) is 0 Å². The number of hydrogen-bond acceptors (Lipinski definition) is 3. The van der Waals surface area contributed by atoms with E-state index in [1.807, 2.05) is 31.3 Å². The lowest BCUT2D eigenvalue weighted by atomic mass is 10.2. The first kappa shape index (κ1) is 15.1. The Morgan fingerprint density at radius 3 is 2.81 bits per heavy atom. The Morgan fingerprint density at radius 1 is 1.48 bits per heavy atom. The predicted molar refractivity (Wildman–Crippen MR) is 84.4 cm³/mol. The van der Waals surface area contributed by atoms with Gasteiger partial charge in [0, 0.05) is 35.8 Å². The number of likely N-dealkylation sites (N-methyl/N-ethyl adjacent to an activating group) is 1. The molecule has 2 heterocycles. The number of aromatic nitrogens is 1. The molecule has 3 rings (SSSR count). The van der Waals surface area contributed by atoms with Crippen molar-refractivity contribution >= 4 is 21.8 Å². The summed E-state index contributed by atoms with van der Waals surface area (Å²) in [4.78, 5) is 16.8. The molecule has 2 atom stereocenters. The van der Waals surface area contributed by atoms with Crippen molar-refractivity contribution in [1.82, 2.24) is 14.4 Å². The first-order chi connectivity index (χ1) is 9.95. The molecule has 0 aromatic carbocycles. The molecule has 21 heavy (non-hydrogen) atoms. The van der Waals surface area contributed by atoms with Crippen molar-refractivity contribution in [3.63, 3.8) is 0 Å². The monoisotopic (exact) mass is 355 g/mol. The van der Waals surface area contributed by atoms with Crippen LogP contribution in [-0.4, -0.2) is 64.7 Å². The van der Waals surface area contributed by atoms with Crippen LogP contribution in [0.4, 0.5) is 0 Å². The van der Waals surface area contributed by atoms with Crippen LogP contribution in [0.5, 0.6) is 0 Å². The second kappa shape index (κ2) is 5.74. The molecule has 1 saturated carbocycles. The van der Waals surface area contributed by atoms with Crippen LogP contribution in [-0.2, 0) is 0 Å². The number of rotatable bonds is 4. The summed E-state index contributed by atoms with van der Waals surface area (Å²) in [5.41, 5.74) is 0.738. The average Bonchev–Trinajstić information content (AvgIpc) is 3.08. The lowest BCUT2D eigenvalue weighted by Gasteiger charge is -2.27. The van der Waals surface area contributed by atoms with E-state index < -0.39 is 6.10 Å². The van der Waals surface area contributed by atoms with Crippen LogP contribution < -0.4 is 0 Å². The number of hydrogen-bond donors (Lipinski definition) is 1. The van der Waals surface area contributed by atoms with Gasteiger partial charge in [-0.2, -0.15) is 0 Å². The molecule has 116 valence electrons. The molecule has 1 aromatic heterocycles. The molecule has 0 bridgehead atoms. The number of amides is 1. The second-order valence-corrected chi connectivity index (χ2v) is 7.36. The lowest BCUT2D eigenvalue weighted by molar-refractivity contribution is 0.0688. The summed E-state index contributed by atoms with van der Waals surface area (Å²) in [5, 5.41) is 9.95. The highest BCUT2D eigenvalue weighted by Crippen LogP contribution is 2.38. The van der Waals surface area contributed by atoms with E-state index in [9.17, 15) is 9.90 Å². The lowest BCUT2D eigenvalue weighted by Crippen LogP contribution is -2.42. The molecule has 1 aromatic rings. The van der Waals surface area contributed by atoms with Crippen LogP contribution in [0, 0.1) is 0 Å². The molecule has 1 amide bonds. The van der Waals surface area contributed by atoms with E-state index in [1.54, 1.807) is 0 Å². The zero-order valence-corrected chi connectivity index (χ0v) is 14.1. The second-order valence-electron chi connectivity index (χ2n) is 6.45. The van der Waals surface area contributed by atoms with Gasteiger partial charge in [0.15, 0.2) is 0 Å². The Labute approximate surface area is 133 Å². The summed E-state index contributed by atoms with van der Waals surface area (Å²) in [7, 11) is 3.99. The van der Waals surface area contributed by atoms with Crippen LogP contribution in [0.2, 0.25) is 0 Å². The van der Waals surface area contributed by atoms with Crippen molar-refractivity contribution in [1.29, 1.82) is 0 Å². The van der Waals surface area contributed by atoms with Gasteiger partial charge in [-0.1, -0.05) is 0 Å². The highest BCUT2D eigenvalue weighted by molar-refractivity contribution is 9.10. The van der Waals surface area contributed by atoms with Crippen molar-refractivity contribution in [3.8, 4) is 0 Å². The molecule has 0 radical (unpaired) electrons. The molecule has 1 saturated heterocycles. The first-order valence-corrected chi connectivity index (χ1v) is 8.26. The molecule has 1 aliphatic carbocycles. The van der Waals surface area contributed by atoms with Crippen LogP contribution in [0.1, 0.15) is 35.8 Å². The Bertz CT molecular complexity index is 539. The topological polar surface area (TPSA) is 48.7 Å². The fourth-order valence-corrected chi connectivity index (χ4v) is 3.59. The zero-order chi connectivity index (χ0) is 15.1. The van der Waals surface area contributed by atoms with Crippen LogP contribution in [0.3, 0.4) is 0 Å². The Balaban J connectivity index is 1.83. The summed E-state index contributed by atoms with van der Waals surface area (Å²) in [5.74, 6) is 0.0380. The first-order valence-electron chi connectivity index (χ1n) is 7.47. The van der Waals surface area contributed by atoms with Crippen molar-refractivity contribution in [2.75, 3.05) is 27.2 Å². The fraction of sp³-hybridized carbons (Fsp3) is 0.667. The van der Waals surface area contributed by atoms with E-state index in [4.69, 9.17) is 0 Å². The largest absolute Gasteiger partial charge is 0.391 e. The molecule has 1 aliphatic heterocycles. The standard InChI is InChI=1S/C15H22BrN3O2/c1-17(2)8-12-6-13(20)9-19(12)15(21)14-5-10(16)7-18(14)11-3-4-11/h5,7,11-13,20H,3-4,6,8-9H2,1-2H3. The van der Waals surface area contributed by atoms with Gasteiger partial charge in [0.1, 0.15) is 5.69 Å². The average molecular weight is 356 g/mol. The number of likely N-dealkylation sites (tertiary alicyclic amines) is 1. The van der Waals surface area contributed by atoms with Gasteiger partial charge in [0.2, 0.25) is 0 Å². The Kier molecular flexibility index (Phi) is 4.12. The van der Waals surface area contributed by atoms with E-state index in [1.165, 1.54) is 0 Å². The van der Waals surface area contributed by atoms with E-state index >= 15 is 0 Å². The molecule has 2 fully saturated rings. The van der Waals surface area contributed by atoms with Gasteiger partial charge in [-0.05, 0) is 55.4 Å². The molecule has 2 unspecified atom stereocenters. The fourth-order valence-electron chi connectivity index (χ4n) is 3.15. The van der Waals surface area contributed by atoms with Gasteiger partial charge >= 0.3 is 0 Å². The third-order valence-corrected chi connectivity index (χ3v) is 4.64. The number of aliphatic hydroxyl groups is 1. The normalized spacial score (nSPS) is 25.9. The van der Waals surface area contributed by atoms with Gasteiger partial charge in [0.25, 0.3) is 5.91 Å². The maximum atomic E-state index is 12.9. The highest BCUT2D eigenvalue weighted by Gasteiger charge is 2.37. The molecule has 1 N–H and O–H groups in total. The van der Waals surface area contributed by atoms with E-state index in [0.29, 0.717) is 19.0 Å². The number of carbonyl (C=O) groups excluding carboxylic acids is 1.